The van der Waals surface area contributed by atoms with Crippen LogP contribution >= 0.6 is 12.4 Å². The largest absolute Gasteiger partial charge is 0.347 e. The Morgan fingerprint density at radius 1 is 1.33 bits per heavy atom. The van der Waals surface area contributed by atoms with Crippen LogP contribution in [0.5, 0.6) is 0 Å². The van der Waals surface area contributed by atoms with E-state index in [2.05, 4.69) is 6.58 Å². The minimum atomic E-state index is 0. The van der Waals surface area contributed by atoms with Crippen molar-refractivity contribution in [3.63, 3.8) is 0 Å². The topological polar surface area (TPSA) is 50.9 Å². The van der Waals surface area contributed by atoms with E-state index in [1.165, 1.54) is 12.4 Å². The van der Waals surface area contributed by atoms with E-state index in [0.717, 1.165) is 24.2 Å². The van der Waals surface area contributed by atoms with Gasteiger partial charge < -0.3 is 15.7 Å². The van der Waals surface area contributed by atoms with Gasteiger partial charge in [0.2, 0.25) is 0 Å². The Bertz CT molecular complexity index is 232. The molecule has 4 heteroatoms. The molecule has 12 heavy (non-hydrogen) atoms. The summed E-state index contributed by atoms with van der Waals surface area (Å²) in [6.07, 6.45) is 5.12. The summed E-state index contributed by atoms with van der Waals surface area (Å²) in [5.74, 6) is 0. The standard InChI is InChI=1S/C8H11N3.ClH/c1-2-11-4-3-7(5-9)8(11)6-10;/h2,5-6,9-10H,1,3-4H2;1H. The van der Waals surface area contributed by atoms with Crippen molar-refractivity contribution in [2.24, 2.45) is 0 Å². The molecule has 0 aliphatic carbocycles. The molecule has 0 amide bonds. The Kier molecular flexibility index (Phi) is 4.29. The van der Waals surface area contributed by atoms with Crippen molar-refractivity contribution in [2.45, 2.75) is 6.42 Å². The van der Waals surface area contributed by atoms with Crippen LogP contribution in [0.15, 0.2) is 24.0 Å². The third-order valence-electron chi connectivity index (χ3n) is 1.79. The summed E-state index contributed by atoms with van der Waals surface area (Å²) in [7, 11) is 0. The Morgan fingerprint density at radius 2 is 2.00 bits per heavy atom. The summed E-state index contributed by atoms with van der Waals surface area (Å²) < 4.78 is 0. The van der Waals surface area contributed by atoms with Crippen LogP contribution in [0.4, 0.5) is 0 Å². The van der Waals surface area contributed by atoms with Gasteiger partial charge in [-0.25, -0.2) is 0 Å². The van der Waals surface area contributed by atoms with Gasteiger partial charge in [0.15, 0.2) is 0 Å². The second-order valence-electron chi connectivity index (χ2n) is 2.33. The summed E-state index contributed by atoms with van der Waals surface area (Å²) in [5, 5.41) is 14.1. The fourth-order valence-electron chi connectivity index (χ4n) is 1.19. The summed E-state index contributed by atoms with van der Waals surface area (Å²) in [6.45, 7) is 4.47. The molecular weight excluding hydrogens is 174 g/mol. The van der Waals surface area contributed by atoms with E-state index in [0.29, 0.717) is 0 Å². The van der Waals surface area contributed by atoms with E-state index in [4.69, 9.17) is 10.8 Å². The molecule has 0 radical (unpaired) electrons. The first-order valence-corrected chi connectivity index (χ1v) is 3.46. The Hall–Kier alpha value is -1.09. The molecule has 1 heterocycles. The van der Waals surface area contributed by atoms with Gasteiger partial charge in [-0.1, -0.05) is 6.58 Å². The molecule has 0 aromatic heterocycles. The number of nitrogens with zero attached hydrogens (tertiary/aromatic N) is 1. The highest BCUT2D eigenvalue weighted by Crippen LogP contribution is 2.19. The van der Waals surface area contributed by atoms with Crippen LogP contribution in [0.1, 0.15) is 6.42 Å². The lowest BCUT2D eigenvalue weighted by atomic mass is 10.2. The fourth-order valence-corrected chi connectivity index (χ4v) is 1.19. The lowest BCUT2D eigenvalue weighted by Crippen LogP contribution is -2.11. The van der Waals surface area contributed by atoms with Crippen LogP contribution in [0.2, 0.25) is 0 Å². The molecule has 0 spiro atoms. The molecule has 1 aliphatic heterocycles. The Labute approximate surface area is 78.2 Å². The van der Waals surface area contributed by atoms with Crippen molar-refractivity contribution in [1.29, 1.82) is 10.8 Å². The molecular formula is C8H12ClN3. The Balaban J connectivity index is 0.00000121. The molecule has 1 rings (SSSR count). The molecule has 3 nitrogen and oxygen atoms in total. The van der Waals surface area contributed by atoms with Crippen LogP contribution in [-0.4, -0.2) is 23.9 Å². The predicted molar refractivity (Wildman–Crippen MR) is 53.4 cm³/mol. The van der Waals surface area contributed by atoms with Crippen LogP contribution in [0.3, 0.4) is 0 Å². The SMILES string of the molecule is C=CN1CCC(C=N)=C1C=N.Cl. The van der Waals surface area contributed by atoms with Crippen LogP contribution in [0, 0.1) is 10.8 Å². The van der Waals surface area contributed by atoms with Crippen molar-refractivity contribution < 1.29 is 0 Å². The molecule has 0 bridgehead atoms. The summed E-state index contributed by atoms with van der Waals surface area (Å²) >= 11 is 0. The van der Waals surface area contributed by atoms with E-state index in [-0.39, 0.29) is 12.4 Å². The number of hydrogen-bond acceptors (Lipinski definition) is 3. The highest BCUT2D eigenvalue weighted by atomic mass is 35.5. The van der Waals surface area contributed by atoms with E-state index in [9.17, 15) is 0 Å². The van der Waals surface area contributed by atoms with E-state index in [1.54, 1.807) is 6.20 Å². The van der Waals surface area contributed by atoms with Gasteiger partial charge in [0.05, 0.1) is 5.70 Å². The van der Waals surface area contributed by atoms with Crippen molar-refractivity contribution in [3.05, 3.63) is 24.0 Å². The first-order valence-electron chi connectivity index (χ1n) is 3.46. The molecule has 1 aliphatic rings. The van der Waals surface area contributed by atoms with Crippen LogP contribution < -0.4 is 0 Å². The zero-order valence-corrected chi connectivity index (χ0v) is 7.53. The fraction of sp³-hybridized carbons (Fsp3) is 0.250. The van der Waals surface area contributed by atoms with Crippen LogP contribution in [-0.2, 0) is 0 Å². The van der Waals surface area contributed by atoms with Crippen molar-refractivity contribution >= 4 is 24.8 Å². The van der Waals surface area contributed by atoms with Gasteiger partial charge in [-0.05, 0) is 18.2 Å². The Morgan fingerprint density at radius 3 is 2.42 bits per heavy atom. The average Bonchev–Trinajstić information content (AvgIpc) is 2.45. The molecule has 0 fully saturated rings. The van der Waals surface area contributed by atoms with Gasteiger partial charge in [-0.15, -0.1) is 12.4 Å². The van der Waals surface area contributed by atoms with Gasteiger partial charge in [0, 0.05) is 19.0 Å². The third kappa shape index (κ3) is 1.74. The van der Waals surface area contributed by atoms with E-state index in [1.807, 2.05) is 4.90 Å². The van der Waals surface area contributed by atoms with Crippen molar-refractivity contribution in [3.8, 4) is 0 Å². The summed E-state index contributed by atoms with van der Waals surface area (Å²) in [5.41, 5.74) is 1.72. The smallest absolute Gasteiger partial charge is 0.0633 e. The van der Waals surface area contributed by atoms with E-state index >= 15 is 0 Å². The highest BCUT2D eigenvalue weighted by molar-refractivity contribution is 5.89. The molecule has 0 aromatic carbocycles. The number of rotatable bonds is 3. The average molecular weight is 186 g/mol. The zero-order chi connectivity index (χ0) is 8.27. The van der Waals surface area contributed by atoms with Crippen molar-refractivity contribution in [2.75, 3.05) is 6.54 Å². The number of allylic oxidation sites excluding steroid dienone is 1. The first kappa shape index (κ1) is 10.9. The highest BCUT2D eigenvalue weighted by Gasteiger charge is 2.16. The number of hydrogen-bond donors (Lipinski definition) is 2. The third-order valence-corrected chi connectivity index (χ3v) is 1.79. The van der Waals surface area contributed by atoms with Gasteiger partial charge in [-0.2, -0.15) is 0 Å². The van der Waals surface area contributed by atoms with Gasteiger partial charge >= 0.3 is 0 Å². The summed E-state index contributed by atoms with van der Waals surface area (Å²) in [4.78, 5) is 1.88. The molecule has 0 saturated carbocycles. The maximum atomic E-state index is 7.09. The molecule has 0 atom stereocenters. The summed E-state index contributed by atoms with van der Waals surface area (Å²) in [6, 6.07) is 0. The minimum Gasteiger partial charge on any atom is -0.347 e. The van der Waals surface area contributed by atoms with Gasteiger partial charge in [0.1, 0.15) is 0 Å². The maximum Gasteiger partial charge on any atom is 0.0633 e. The van der Waals surface area contributed by atoms with Gasteiger partial charge in [-0.3, -0.25) is 0 Å². The molecule has 0 aromatic rings. The number of halogens is 1. The predicted octanol–water partition coefficient (Wildman–Crippen LogP) is 1.81. The number of nitrogens with one attached hydrogen (secondary N) is 2. The van der Waals surface area contributed by atoms with Gasteiger partial charge in [0.25, 0.3) is 0 Å². The van der Waals surface area contributed by atoms with Crippen molar-refractivity contribution in [1.82, 2.24) is 4.90 Å². The maximum absolute atomic E-state index is 7.09. The quantitative estimate of drug-likeness (QED) is 0.648. The molecule has 0 saturated heterocycles. The second-order valence-corrected chi connectivity index (χ2v) is 2.33. The lowest BCUT2D eigenvalue weighted by molar-refractivity contribution is 0.534. The normalized spacial score (nSPS) is 15.5. The minimum absolute atomic E-state index is 0. The monoisotopic (exact) mass is 185 g/mol. The van der Waals surface area contributed by atoms with Crippen LogP contribution in [0.25, 0.3) is 0 Å². The lowest BCUT2D eigenvalue weighted by Gasteiger charge is -2.12. The zero-order valence-electron chi connectivity index (χ0n) is 6.71. The molecule has 2 N–H and O–H groups in total. The molecule has 0 unspecified atom stereocenters. The van der Waals surface area contributed by atoms with E-state index < -0.39 is 0 Å². The second kappa shape index (κ2) is 4.72. The first-order chi connectivity index (χ1) is 5.33. The molecule has 66 valence electrons.